The zero-order valence-corrected chi connectivity index (χ0v) is 21.3. The summed E-state index contributed by atoms with van der Waals surface area (Å²) in [7, 11) is 0. The van der Waals surface area contributed by atoms with Gasteiger partial charge in [0, 0.05) is 41.1 Å². The summed E-state index contributed by atoms with van der Waals surface area (Å²) in [6.45, 7) is 7.81. The smallest absolute Gasteiger partial charge is 0.226 e. The highest BCUT2D eigenvalue weighted by Crippen LogP contribution is 2.46. The fourth-order valence-corrected chi connectivity index (χ4v) is 4.79. The molecule has 0 aliphatic heterocycles. The Kier molecular flexibility index (Phi) is 6.45. The molecule has 1 fully saturated rings. The van der Waals surface area contributed by atoms with Crippen LogP contribution in [0.3, 0.4) is 0 Å². The van der Waals surface area contributed by atoms with E-state index in [9.17, 15) is 9.18 Å². The average Bonchev–Trinajstić information content (AvgIpc) is 3.59. The maximum absolute atomic E-state index is 13.3. The van der Waals surface area contributed by atoms with E-state index in [4.69, 9.17) is 4.98 Å². The van der Waals surface area contributed by atoms with E-state index in [1.165, 1.54) is 10.9 Å². The Balaban J connectivity index is 1.23. The molecule has 0 aromatic carbocycles. The van der Waals surface area contributed by atoms with Gasteiger partial charge >= 0.3 is 0 Å². The Bertz CT molecular complexity index is 1410. The molecule has 0 radical (unpaired) electrons. The Morgan fingerprint density at radius 2 is 2.05 bits per heavy atom. The number of pyridine rings is 1. The van der Waals surface area contributed by atoms with Gasteiger partial charge in [0.2, 0.25) is 5.91 Å². The number of rotatable bonds is 7. The molecule has 4 aromatic rings. The summed E-state index contributed by atoms with van der Waals surface area (Å²) in [5, 5.41) is 17.4. The number of halogens is 1. The molecule has 0 unspecified atom stereocenters. The lowest BCUT2D eigenvalue weighted by Gasteiger charge is -2.26. The number of hydrogen-bond acceptors (Lipinski definition) is 7. The molecule has 192 valence electrons. The Morgan fingerprint density at radius 3 is 2.73 bits per heavy atom. The number of nitrogens with one attached hydrogen (secondary N) is 3. The van der Waals surface area contributed by atoms with Crippen LogP contribution in [0.1, 0.15) is 67.8 Å². The molecule has 1 aliphatic rings. The van der Waals surface area contributed by atoms with Gasteiger partial charge in [-0.15, -0.1) is 0 Å². The number of hydrogen-bond donors (Lipinski definition) is 3. The Labute approximate surface area is 214 Å². The molecule has 11 heteroatoms. The molecule has 4 heterocycles. The van der Waals surface area contributed by atoms with Gasteiger partial charge in [0.05, 0.1) is 18.4 Å². The lowest BCUT2D eigenvalue weighted by atomic mass is 9.86. The van der Waals surface area contributed by atoms with Gasteiger partial charge in [0.25, 0.3) is 0 Å². The van der Waals surface area contributed by atoms with Crippen LogP contribution in [0.4, 0.5) is 16.0 Å². The van der Waals surface area contributed by atoms with Crippen LogP contribution >= 0.6 is 0 Å². The van der Waals surface area contributed by atoms with E-state index >= 15 is 0 Å². The van der Waals surface area contributed by atoms with Crippen LogP contribution < -0.4 is 10.6 Å². The highest BCUT2D eigenvalue weighted by atomic mass is 19.1. The standard InChI is InChI=1S/C26H30FN9O/c1-15-9-21(32-22-10-16(2)34-35-22)33-24(30-15)18-7-8-26(4,11-18)25(37)31-17(3)19-5-6-23(28-12-19)36-14-20(27)13-29-36/h5-6,9-10,12-14,17-18H,7-8,11H2,1-4H3,(H,31,37)(H2,30,32,33,34,35)/t17-,18+,26+/m0/s1. The number of aryl methyl sites for hydroxylation is 2. The van der Waals surface area contributed by atoms with E-state index in [1.807, 2.05) is 45.9 Å². The van der Waals surface area contributed by atoms with Crippen molar-refractivity contribution >= 4 is 17.5 Å². The van der Waals surface area contributed by atoms with Gasteiger partial charge in [-0.2, -0.15) is 10.2 Å². The summed E-state index contributed by atoms with van der Waals surface area (Å²) in [4.78, 5) is 27.1. The van der Waals surface area contributed by atoms with Crippen molar-refractivity contribution in [3.8, 4) is 5.82 Å². The van der Waals surface area contributed by atoms with E-state index in [0.717, 1.165) is 41.8 Å². The summed E-state index contributed by atoms with van der Waals surface area (Å²) in [6.07, 6.45) is 6.32. The number of nitrogens with zero attached hydrogens (tertiary/aromatic N) is 6. The van der Waals surface area contributed by atoms with Crippen LogP contribution in [0.2, 0.25) is 0 Å². The number of H-pyrrole nitrogens is 1. The van der Waals surface area contributed by atoms with Crippen molar-refractivity contribution in [1.82, 2.24) is 40.2 Å². The molecule has 1 saturated carbocycles. The first-order valence-corrected chi connectivity index (χ1v) is 12.3. The molecule has 0 saturated heterocycles. The molecule has 3 N–H and O–H groups in total. The van der Waals surface area contributed by atoms with Gasteiger partial charge < -0.3 is 10.6 Å². The van der Waals surface area contributed by atoms with Crippen LogP contribution in [0.15, 0.2) is 42.9 Å². The quantitative estimate of drug-likeness (QED) is 0.340. The third kappa shape index (κ3) is 5.35. The number of carbonyl (C=O) groups is 1. The van der Waals surface area contributed by atoms with Crippen LogP contribution in [0.25, 0.3) is 5.82 Å². The van der Waals surface area contributed by atoms with Crippen LogP contribution in [0, 0.1) is 25.1 Å². The molecule has 3 atom stereocenters. The van der Waals surface area contributed by atoms with E-state index in [2.05, 4.69) is 35.9 Å². The van der Waals surface area contributed by atoms with Crippen molar-refractivity contribution in [1.29, 1.82) is 0 Å². The molecule has 0 bridgehead atoms. The molecule has 1 amide bonds. The fraction of sp³-hybridized carbons (Fsp3) is 0.385. The minimum Gasteiger partial charge on any atom is -0.349 e. The first-order chi connectivity index (χ1) is 17.7. The van der Waals surface area contributed by atoms with Gasteiger partial charge in [0.15, 0.2) is 17.5 Å². The minimum absolute atomic E-state index is 0.00118. The molecule has 37 heavy (non-hydrogen) atoms. The lowest BCUT2D eigenvalue weighted by Crippen LogP contribution is -2.38. The maximum atomic E-state index is 13.3. The van der Waals surface area contributed by atoms with Crippen molar-refractivity contribution in [2.45, 2.75) is 58.9 Å². The van der Waals surface area contributed by atoms with Gasteiger partial charge in [-0.1, -0.05) is 13.0 Å². The van der Waals surface area contributed by atoms with Crippen LogP contribution in [-0.4, -0.2) is 40.8 Å². The zero-order chi connectivity index (χ0) is 26.2. The van der Waals surface area contributed by atoms with Crippen LogP contribution in [-0.2, 0) is 4.79 Å². The number of aromatic nitrogens is 7. The van der Waals surface area contributed by atoms with E-state index < -0.39 is 11.2 Å². The van der Waals surface area contributed by atoms with Gasteiger partial charge in [-0.25, -0.2) is 24.0 Å². The highest BCUT2D eigenvalue weighted by Gasteiger charge is 2.43. The van der Waals surface area contributed by atoms with E-state index in [0.29, 0.717) is 23.9 Å². The Hall–Kier alpha value is -4.15. The molecular weight excluding hydrogens is 473 g/mol. The predicted molar refractivity (Wildman–Crippen MR) is 136 cm³/mol. The van der Waals surface area contributed by atoms with Gasteiger partial charge in [0.1, 0.15) is 11.6 Å². The fourth-order valence-electron chi connectivity index (χ4n) is 4.79. The summed E-state index contributed by atoms with van der Waals surface area (Å²) in [6, 6.07) is 7.18. The average molecular weight is 504 g/mol. The van der Waals surface area contributed by atoms with Crippen molar-refractivity contribution < 1.29 is 9.18 Å². The number of anilines is 2. The molecule has 0 spiro atoms. The number of aromatic amines is 1. The molecule has 1 aliphatic carbocycles. The number of amides is 1. The summed E-state index contributed by atoms with van der Waals surface area (Å²) in [5.74, 6) is 2.30. The normalized spacial score (nSPS) is 20.1. The van der Waals surface area contributed by atoms with Crippen molar-refractivity contribution in [3.05, 3.63) is 71.4 Å². The third-order valence-electron chi connectivity index (χ3n) is 6.89. The maximum Gasteiger partial charge on any atom is 0.226 e. The topological polar surface area (TPSA) is 126 Å². The van der Waals surface area contributed by atoms with Crippen molar-refractivity contribution in [2.75, 3.05) is 5.32 Å². The summed E-state index contributed by atoms with van der Waals surface area (Å²) < 4.78 is 14.6. The van der Waals surface area contributed by atoms with E-state index in [1.54, 1.807) is 12.3 Å². The van der Waals surface area contributed by atoms with Crippen LogP contribution in [0.5, 0.6) is 0 Å². The zero-order valence-electron chi connectivity index (χ0n) is 21.3. The van der Waals surface area contributed by atoms with Crippen molar-refractivity contribution in [3.63, 3.8) is 0 Å². The van der Waals surface area contributed by atoms with Gasteiger partial charge in [-0.05, 0) is 51.7 Å². The third-order valence-corrected chi connectivity index (χ3v) is 6.89. The highest BCUT2D eigenvalue weighted by molar-refractivity contribution is 5.83. The minimum atomic E-state index is -0.529. The Morgan fingerprint density at radius 1 is 1.22 bits per heavy atom. The lowest BCUT2D eigenvalue weighted by molar-refractivity contribution is -0.130. The first kappa shape index (κ1) is 24.5. The van der Waals surface area contributed by atoms with Gasteiger partial charge in [-0.3, -0.25) is 9.89 Å². The summed E-state index contributed by atoms with van der Waals surface area (Å²) in [5.41, 5.74) is 2.15. The monoisotopic (exact) mass is 503 g/mol. The second kappa shape index (κ2) is 9.72. The SMILES string of the molecule is Cc1cc(Nc2cc(C)[nH]n2)nc([C@@H]2CC[C@@](C)(C(=O)N[C@@H](C)c3ccc(-n4cc(F)cn4)nc3)C2)n1. The van der Waals surface area contributed by atoms with E-state index in [-0.39, 0.29) is 17.9 Å². The second-order valence-corrected chi connectivity index (χ2v) is 10.1. The predicted octanol–water partition coefficient (Wildman–Crippen LogP) is 4.43. The first-order valence-electron chi connectivity index (χ1n) is 12.3. The van der Waals surface area contributed by atoms with Crippen molar-refractivity contribution in [2.24, 2.45) is 5.41 Å². The summed E-state index contributed by atoms with van der Waals surface area (Å²) >= 11 is 0. The number of carbonyl (C=O) groups excluding carboxylic acids is 1. The largest absolute Gasteiger partial charge is 0.349 e. The second-order valence-electron chi connectivity index (χ2n) is 10.1. The molecular formula is C26H30FN9O. The molecule has 10 nitrogen and oxygen atoms in total. The molecule has 4 aromatic heterocycles. The molecule has 5 rings (SSSR count).